The Balaban J connectivity index is 1.70. The van der Waals surface area contributed by atoms with Crippen molar-refractivity contribution >= 4 is 0 Å². The number of rotatable bonds is 7. The zero-order valence-corrected chi connectivity index (χ0v) is 17.7. The minimum Gasteiger partial charge on any atom is -0.489 e. The van der Waals surface area contributed by atoms with E-state index in [2.05, 4.69) is 10.3 Å². The maximum absolute atomic E-state index is 15.0. The summed E-state index contributed by atoms with van der Waals surface area (Å²) in [5.74, 6) is -0.350. The minimum atomic E-state index is -2.76. The number of hydrogen-bond donors (Lipinski definition) is 2. The molecule has 0 bridgehead atoms. The first-order valence-corrected chi connectivity index (χ1v) is 10.6. The van der Waals surface area contributed by atoms with E-state index in [0.29, 0.717) is 16.8 Å². The lowest BCUT2D eigenvalue weighted by molar-refractivity contribution is 0.146. The average Bonchev–Trinajstić information content (AvgIpc) is 3.28. The van der Waals surface area contributed by atoms with Gasteiger partial charge in [0.25, 0.3) is 6.43 Å². The molecule has 2 N–H and O–H groups in total. The van der Waals surface area contributed by atoms with Crippen LogP contribution in [0.4, 0.5) is 13.2 Å². The third-order valence-corrected chi connectivity index (χ3v) is 5.69. The molecule has 1 fully saturated rings. The predicted octanol–water partition coefficient (Wildman–Crippen LogP) is 5.00. The lowest BCUT2D eigenvalue weighted by atomic mass is 9.86. The monoisotopic (exact) mass is 442 g/mol. The van der Waals surface area contributed by atoms with Crippen molar-refractivity contribution in [2.75, 3.05) is 19.7 Å². The van der Waals surface area contributed by atoms with Crippen LogP contribution in [-0.4, -0.2) is 35.9 Å². The quantitative estimate of drug-likeness (QED) is 0.541. The van der Waals surface area contributed by atoms with Gasteiger partial charge in [-0.15, -0.1) is 0 Å². The van der Waals surface area contributed by atoms with Crippen LogP contribution in [0.15, 0.2) is 54.6 Å². The molecular formula is C25H25F3N2O2. The van der Waals surface area contributed by atoms with Gasteiger partial charge in [-0.1, -0.05) is 24.3 Å². The number of aromatic nitrogens is 1. The number of nitrogens with zero attached hydrogens (tertiary/aromatic N) is 1. The average molecular weight is 442 g/mol. The third kappa shape index (κ3) is 4.79. The second-order valence-electron chi connectivity index (χ2n) is 7.96. The molecule has 1 aliphatic heterocycles. The second kappa shape index (κ2) is 9.71. The first-order valence-electron chi connectivity index (χ1n) is 10.6. The highest BCUT2D eigenvalue weighted by Crippen LogP contribution is 2.37. The largest absolute Gasteiger partial charge is 0.489 e. The van der Waals surface area contributed by atoms with Crippen LogP contribution < -0.4 is 10.1 Å². The molecule has 0 aliphatic carbocycles. The van der Waals surface area contributed by atoms with Crippen molar-refractivity contribution in [3.63, 3.8) is 0 Å². The number of aryl methyl sites for hydroxylation is 1. The number of ether oxygens (including phenoxy) is 1. The van der Waals surface area contributed by atoms with Crippen LogP contribution in [0, 0.1) is 12.7 Å². The molecule has 2 aromatic carbocycles. The molecule has 0 radical (unpaired) electrons. The fraction of sp³-hybridized carbons (Fsp3) is 0.320. The maximum Gasteiger partial charge on any atom is 0.280 e. The van der Waals surface area contributed by atoms with Crippen molar-refractivity contribution in [3.05, 3.63) is 82.9 Å². The molecule has 2 heterocycles. The SMILES string of the molecule is Cc1cc(-c2c(F)cccc2C(CO)c2ccc(OC3CCNC3)cc2)cc(C(F)F)n1. The summed E-state index contributed by atoms with van der Waals surface area (Å²) >= 11 is 0. The van der Waals surface area contributed by atoms with Gasteiger partial charge >= 0.3 is 0 Å². The Bertz CT molecular complexity index is 1070. The van der Waals surface area contributed by atoms with E-state index >= 15 is 0 Å². The van der Waals surface area contributed by atoms with Crippen LogP contribution in [0.25, 0.3) is 11.1 Å². The van der Waals surface area contributed by atoms with Gasteiger partial charge in [-0.3, -0.25) is 4.98 Å². The molecule has 1 aliphatic rings. The molecule has 32 heavy (non-hydrogen) atoms. The van der Waals surface area contributed by atoms with Crippen LogP contribution in [0.2, 0.25) is 0 Å². The van der Waals surface area contributed by atoms with E-state index in [4.69, 9.17) is 4.74 Å². The molecule has 3 aromatic rings. The molecular weight excluding hydrogens is 417 g/mol. The smallest absolute Gasteiger partial charge is 0.280 e. The zero-order valence-electron chi connectivity index (χ0n) is 17.7. The molecule has 0 spiro atoms. The van der Waals surface area contributed by atoms with Crippen molar-refractivity contribution in [1.82, 2.24) is 10.3 Å². The number of hydrogen-bond acceptors (Lipinski definition) is 4. The first kappa shape index (κ1) is 22.3. The molecule has 1 saturated heterocycles. The molecule has 2 unspecified atom stereocenters. The van der Waals surface area contributed by atoms with Crippen molar-refractivity contribution in [1.29, 1.82) is 0 Å². The van der Waals surface area contributed by atoms with Gasteiger partial charge < -0.3 is 15.2 Å². The number of benzene rings is 2. The van der Waals surface area contributed by atoms with Crippen molar-refractivity contribution in [2.24, 2.45) is 0 Å². The third-order valence-electron chi connectivity index (χ3n) is 5.69. The lowest BCUT2D eigenvalue weighted by Gasteiger charge is -2.21. The first-order chi connectivity index (χ1) is 15.5. The number of alkyl halides is 2. The summed E-state index contributed by atoms with van der Waals surface area (Å²) in [6, 6.07) is 14.7. The number of pyridine rings is 1. The van der Waals surface area contributed by atoms with E-state index in [0.717, 1.165) is 30.8 Å². The Hall–Kier alpha value is -2.90. The minimum absolute atomic E-state index is 0.128. The number of aliphatic hydroxyl groups is 1. The predicted molar refractivity (Wildman–Crippen MR) is 117 cm³/mol. The van der Waals surface area contributed by atoms with Crippen LogP contribution in [-0.2, 0) is 0 Å². The maximum atomic E-state index is 15.0. The molecule has 2 atom stereocenters. The van der Waals surface area contributed by atoms with E-state index in [-0.39, 0.29) is 18.3 Å². The van der Waals surface area contributed by atoms with Crippen LogP contribution in [0.1, 0.15) is 41.3 Å². The fourth-order valence-corrected chi connectivity index (χ4v) is 4.17. The number of halogens is 3. The molecule has 4 rings (SSSR count). The van der Waals surface area contributed by atoms with Gasteiger partial charge in [0.2, 0.25) is 0 Å². The molecule has 168 valence electrons. The Morgan fingerprint density at radius 3 is 2.59 bits per heavy atom. The Morgan fingerprint density at radius 2 is 1.94 bits per heavy atom. The Kier molecular flexibility index (Phi) is 6.77. The molecule has 0 amide bonds. The molecule has 7 heteroatoms. The van der Waals surface area contributed by atoms with Gasteiger partial charge in [0.05, 0.1) is 6.61 Å². The highest BCUT2D eigenvalue weighted by molar-refractivity contribution is 5.70. The summed E-state index contributed by atoms with van der Waals surface area (Å²) in [6.45, 7) is 3.06. The summed E-state index contributed by atoms with van der Waals surface area (Å²) in [5, 5.41) is 13.4. The highest BCUT2D eigenvalue weighted by Gasteiger charge is 2.23. The fourth-order valence-electron chi connectivity index (χ4n) is 4.17. The van der Waals surface area contributed by atoms with Crippen LogP contribution >= 0.6 is 0 Å². The van der Waals surface area contributed by atoms with Gasteiger partial charge in [0.15, 0.2) is 0 Å². The normalized spacial score (nSPS) is 17.0. The van der Waals surface area contributed by atoms with Gasteiger partial charge in [-0.05, 0) is 66.9 Å². The summed E-state index contributed by atoms with van der Waals surface area (Å²) in [5.41, 5.74) is 1.76. The van der Waals surface area contributed by atoms with Crippen LogP contribution in [0.3, 0.4) is 0 Å². The zero-order chi connectivity index (χ0) is 22.7. The number of nitrogens with one attached hydrogen (secondary N) is 1. The topological polar surface area (TPSA) is 54.4 Å². The van der Waals surface area contributed by atoms with Gasteiger partial charge in [-0.2, -0.15) is 0 Å². The molecule has 4 nitrogen and oxygen atoms in total. The highest BCUT2D eigenvalue weighted by atomic mass is 19.3. The van der Waals surface area contributed by atoms with Crippen LogP contribution in [0.5, 0.6) is 5.75 Å². The number of aliphatic hydroxyl groups excluding tert-OH is 1. The van der Waals surface area contributed by atoms with E-state index in [1.54, 1.807) is 25.1 Å². The Morgan fingerprint density at radius 1 is 1.16 bits per heavy atom. The second-order valence-corrected chi connectivity index (χ2v) is 7.96. The van der Waals surface area contributed by atoms with Crippen molar-refractivity contribution < 1.29 is 23.0 Å². The van der Waals surface area contributed by atoms with Gasteiger partial charge in [0, 0.05) is 23.7 Å². The van der Waals surface area contributed by atoms with Crippen molar-refractivity contribution in [2.45, 2.75) is 31.8 Å². The summed E-state index contributed by atoms with van der Waals surface area (Å²) in [6.07, 6.45) is -1.69. The molecule has 0 saturated carbocycles. The van der Waals surface area contributed by atoms with Crippen molar-refractivity contribution in [3.8, 4) is 16.9 Å². The summed E-state index contributed by atoms with van der Waals surface area (Å²) in [7, 11) is 0. The van der Waals surface area contributed by atoms with Gasteiger partial charge in [-0.25, -0.2) is 13.2 Å². The van der Waals surface area contributed by atoms with E-state index in [1.807, 2.05) is 24.3 Å². The van der Waals surface area contributed by atoms with E-state index < -0.39 is 23.9 Å². The summed E-state index contributed by atoms with van der Waals surface area (Å²) < 4.78 is 47.5. The Labute approximate surface area is 185 Å². The van der Waals surface area contributed by atoms with E-state index in [9.17, 15) is 18.3 Å². The lowest BCUT2D eigenvalue weighted by Crippen LogP contribution is -2.19. The van der Waals surface area contributed by atoms with E-state index in [1.165, 1.54) is 12.1 Å². The van der Waals surface area contributed by atoms with Gasteiger partial charge in [0.1, 0.15) is 23.4 Å². The summed E-state index contributed by atoms with van der Waals surface area (Å²) in [4.78, 5) is 3.85. The standard InChI is InChI=1S/C25H25F3N2O2/c1-15-11-17(12-23(30-15)25(27)28)24-20(3-2-4-22(24)26)21(14-31)16-5-7-18(8-6-16)32-19-9-10-29-13-19/h2-8,11-12,19,21,25,29,31H,9-10,13-14H2,1H3. The molecule has 1 aromatic heterocycles.